The van der Waals surface area contributed by atoms with E-state index in [4.69, 9.17) is 0 Å². The molecule has 0 saturated carbocycles. The first kappa shape index (κ1) is 14.9. The molecule has 0 spiro atoms. The molecule has 0 aliphatic carbocycles. The van der Waals surface area contributed by atoms with E-state index < -0.39 is 17.6 Å². The van der Waals surface area contributed by atoms with Crippen LogP contribution in [0.1, 0.15) is 12.5 Å². The predicted molar refractivity (Wildman–Crippen MR) is 77.5 cm³/mol. The Hall–Kier alpha value is -2.49. The number of rotatable bonds is 3. The van der Waals surface area contributed by atoms with Gasteiger partial charge in [-0.15, -0.1) is 0 Å². The van der Waals surface area contributed by atoms with Crippen LogP contribution >= 0.6 is 0 Å². The van der Waals surface area contributed by atoms with Crippen LogP contribution in [0.15, 0.2) is 48.5 Å². The molecule has 108 valence electrons. The van der Waals surface area contributed by atoms with Crippen LogP contribution in [0.2, 0.25) is 0 Å². The Labute approximate surface area is 121 Å². The average Bonchev–Trinajstić information content (AvgIpc) is 2.47. The zero-order valence-corrected chi connectivity index (χ0v) is 11.7. The molecule has 21 heavy (non-hydrogen) atoms. The molecule has 2 nitrogen and oxygen atoms in total. The smallest absolute Gasteiger partial charge is 0.330 e. The number of esters is 1. The summed E-state index contributed by atoms with van der Waals surface area (Å²) in [5, 5.41) is 0. The van der Waals surface area contributed by atoms with E-state index in [2.05, 4.69) is 4.74 Å². The second kappa shape index (κ2) is 6.31. The van der Waals surface area contributed by atoms with Crippen LogP contribution < -0.4 is 0 Å². The summed E-state index contributed by atoms with van der Waals surface area (Å²) in [6.07, 6.45) is 1.38. The van der Waals surface area contributed by atoms with Gasteiger partial charge in [-0.2, -0.15) is 0 Å². The molecular weight excluding hydrogens is 274 g/mol. The summed E-state index contributed by atoms with van der Waals surface area (Å²) in [7, 11) is 1.31. The van der Waals surface area contributed by atoms with Gasteiger partial charge >= 0.3 is 5.97 Å². The summed E-state index contributed by atoms with van der Waals surface area (Å²) in [4.78, 5) is 11.2. The van der Waals surface area contributed by atoms with Crippen molar-refractivity contribution in [2.75, 3.05) is 7.11 Å². The number of halogens is 2. The van der Waals surface area contributed by atoms with E-state index in [1.165, 1.54) is 25.3 Å². The van der Waals surface area contributed by atoms with Gasteiger partial charge in [0.2, 0.25) is 0 Å². The van der Waals surface area contributed by atoms with Gasteiger partial charge in [0.1, 0.15) is 11.6 Å². The molecule has 0 unspecified atom stereocenters. The third-order valence-corrected chi connectivity index (χ3v) is 3.12. The molecule has 0 heterocycles. The standard InChI is InChI=1S/C17H14F2O2/c1-11(9-17(20)21-2)12-3-5-13(6-4-12)15-8-7-14(18)10-16(15)19/h3-10H,1-2H3. The summed E-state index contributed by atoms with van der Waals surface area (Å²) in [6.45, 7) is 1.78. The van der Waals surface area contributed by atoms with E-state index in [0.29, 0.717) is 11.1 Å². The van der Waals surface area contributed by atoms with Gasteiger partial charge in [-0.1, -0.05) is 24.3 Å². The fourth-order valence-corrected chi connectivity index (χ4v) is 1.96. The normalized spacial score (nSPS) is 11.3. The Morgan fingerprint density at radius 3 is 2.33 bits per heavy atom. The monoisotopic (exact) mass is 288 g/mol. The van der Waals surface area contributed by atoms with Crippen LogP contribution in [-0.2, 0) is 9.53 Å². The van der Waals surface area contributed by atoms with Crippen LogP contribution in [0.5, 0.6) is 0 Å². The number of carbonyl (C=O) groups is 1. The zero-order valence-electron chi connectivity index (χ0n) is 11.7. The molecule has 0 fully saturated rings. The summed E-state index contributed by atoms with van der Waals surface area (Å²) in [5.74, 6) is -1.64. The molecule has 2 rings (SSSR count). The third-order valence-electron chi connectivity index (χ3n) is 3.12. The maximum Gasteiger partial charge on any atom is 0.330 e. The van der Waals surface area contributed by atoms with E-state index >= 15 is 0 Å². The van der Waals surface area contributed by atoms with Gasteiger partial charge in [0.15, 0.2) is 0 Å². The summed E-state index contributed by atoms with van der Waals surface area (Å²) in [5.41, 5.74) is 2.54. The number of ether oxygens (including phenoxy) is 1. The number of carbonyl (C=O) groups excluding carboxylic acids is 1. The minimum absolute atomic E-state index is 0.331. The fraction of sp³-hybridized carbons (Fsp3) is 0.118. The highest BCUT2D eigenvalue weighted by atomic mass is 19.1. The second-order valence-electron chi connectivity index (χ2n) is 4.55. The molecule has 0 atom stereocenters. The van der Waals surface area contributed by atoms with Gasteiger partial charge in [0.25, 0.3) is 0 Å². The first-order valence-corrected chi connectivity index (χ1v) is 6.33. The summed E-state index contributed by atoms with van der Waals surface area (Å²) in [6, 6.07) is 10.5. The summed E-state index contributed by atoms with van der Waals surface area (Å²) < 4.78 is 31.2. The largest absolute Gasteiger partial charge is 0.466 e. The van der Waals surface area contributed by atoms with Crippen molar-refractivity contribution in [2.24, 2.45) is 0 Å². The first-order valence-electron chi connectivity index (χ1n) is 6.33. The predicted octanol–water partition coefficient (Wildman–Crippen LogP) is 4.21. The Morgan fingerprint density at radius 2 is 1.76 bits per heavy atom. The van der Waals surface area contributed by atoms with E-state index in [1.54, 1.807) is 31.2 Å². The number of allylic oxidation sites excluding steroid dienone is 1. The van der Waals surface area contributed by atoms with E-state index in [1.807, 2.05) is 0 Å². The molecule has 0 aromatic heterocycles. The molecule has 0 aliphatic rings. The van der Waals surface area contributed by atoms with Crippen molar-refractivity contribution in [2.45, 2.75) is 6.92 Å². The van der Waals surface area contributed by atoms with E-state index in [-0.39, 0.29) is 0 Å². The van der Waals surface area contributed by atoms with Gasteiger partial charge < -0.3 is 4.74 Å². The van der Waals surface area contributed by atoms with Crippen molar-refractivity contribution in [1.29, 1.82) is 0 Å². The Kier molecular flexibility index (Phi) is 4.48. The minimum Gasteiger partial charge on any atom is -0.466 e. The van der Waals surface area contributed by atoms with Crippen molar-refractivity contribution >= 4 is 11.5 Å². The maximum absolute atomic E-state index is 13.7. The summed E-state index contributed by atoms with van der Waals surface area (Å²) >= 11 is 0. The van der Waals surface area contributed by atoms with Gasteiger partial charge in [-0.05, 0) is 35.8 Å². The van der Waals surface area contributed by atoms with Crippen LogP contribution in [0, 0.1) is 11.6 Å². The van der Waals surface area contributed by atoms with Crippen LogP contribution in [0.4, 0.5) is 8.78 Å². The molecule has 0 aliphatic heterocycles. The lowest BCUT2D eigenvalue weighted by molar-refractivity contribution is -0.134. The van der Waals surface area contributed by atoms with Crippen molar-refractivity contribution in [3.8, 4) is 11.1 Å². The molecule has 0 saturated heterocycles. The highest BCUT2D eigenvalue weighted by Gasteiger charge is 2.07. The van der Waals surface area contributed by atoms with Gasteiger partial charge in [0.05, 0.1) is 7.11 Å². The van der Waals surface area contributed by atoms with Crippen molar-refractivity contribution in [3.63, 3.8) is 0 Å². The minimum atomic E-state index is -0.607. The van der Waals surface area contributed by atoms with Crippen molar-refractivity contribution < 1.29 is 18.3 Å². The Balaban J connectivity index is 2.31. The first-order chi connectivity index (χ1) is 10.0. The Bertz CT molecular complexity index is 688. The van der Waals surface area contributed by atoms with Gasteiger partial charge in [-0.3, -0.25) is 0 Å². The number of methoxy groups -OCH3 is 1. The quantitative estimate of drug-likeness (QED) is 0.624. The lowest BCUT2D eigenvalue weighted by Crippen LogP contribution is -1.95. The third kappa shape index (κ3) is 3.54. The van der Waals surface area contributed by atoms with Crippen LogP contribution in [0.25, 0.3) is 16.7 Å². The Morgan fingerprint density at radius 1 is 1.10 bits per heavy atom. The molecule has 2 aromatic carbocycles. The van der Waals surface area contributed by atoms with E-state index in [0.717, 1.165) is 17.2 Å². The van der Waals surface area contributed by atoms with Gasteiger partial charge in [0, 0.05) is 17.7 Å². The van der Waals surface area contributed by atoms with Crippen LogP contribution in [-0.4, -0.2) is 13.1 Å². The molecular formula is C17H14F2O2. The molecule has 0 N–H and O–H groups in total. The lowest BCUT2D eigenvalue weighted by Gasteiger charge is -2.06. The highest BCUT2D eigenvalue weighted by Crippen LogP contribution is 2.25. The zero-order chi connectivity index (χ0) is 15.4. The molecule has 0 amide bonds. The lowest BCUT2D eigenvalue weighted by atomic mass is 10.0. The van der Waals surface area contributed by atoms with Crippen LogP contribution in [0.3, 0.4) is 0 Å². The SMILES string of the molecule is COC(=O)C=C(C)c1ccc(-c2ccc(F)cc2F)cc1. The highest BCUT2D eigenvalue weighted by molar-refractivity contribution is 5.91. The van der Waals surface area contributed by atoms with Crippen molar-refractivity contribution in [1.82, 2.24) is 0 Å². The topological polar surface area (TPSA) is 26.3 Å². The maximum atomic E-state index is 13.7. The van der Waals surface area contributed by atoms with E-state index in [9.17, 15) is 13.6 Å². The molecule has 2 aromatic rings. The second-order valence-corrected chi connectivity index (χ2v) is 4.55. The molecule has 0 bridgehead atoms. The fourth-order valence-electron chi connectivity index (χ4n) is 1.96. The van der Waals surface area contributed by atoms with Crippen molar-refractivity contribution in [3.05, 3.63) is 65.7 Å². The molecule has 4 heteroatoms. The molecule has 0 radical (unpaired) electrons. The number of hydrogen-bond donors (Lipinski definition) is 0. The number of benzene rings is 2. The average molecular weight is 288 g/mol. The van der Waals surface area contributed by atoms with Gasteiger partial charge in [-0.25, -0.2) is 13.6 Å². The number of hydrogen-bond acceptors (Lipinski definition) is 2.